The van der Waals surface area contributed by atoms with Gasteiger partial charge in [-0.2, -0.15) is 8.78 Å². The Kier molecular flexibility index (Phi) is 6.97. The highest BCUT2D eigenvalue weighted by molar-refractivity contribution is 7.99. The summed E-state index contributed by atoms with van der Waals surface area (Å²) in [6.07, 6.45) is -0.835. The Morgan fingerprint density at radius 1 is 1.12 bits per heavy atom. The first-order valence-electron chi connectivity index (χ1n) is 7.60. The smallest absolute Gasteiger partial charge is 0.337 e. The molecular weight excluding hydrogens is 364 g/mol. The monoisotopic (exact) mass is 381 g/mol. The van der Waals surface area contributed by atoms with Crippen molar-refractivity contribution in [1.29, 1.82) is 0 Å². The van der Waals surface area contributed by atoms with Gasteiger partial charge in [0.15, 0.2) is 6.10 Å². The molecule has 0 aromatic heterocycles. The van der Waals surface area contributed by atoms with E-state index in [1.165, 1.54) is 37.4 Å². The van der Waals surface area contributed by atoms with Gasteiger partial charge in [-0.3, -0.25) is 4.79 Å². The van der Waals surface area contributed by atoms with E-state index in [1.807, 2.05) is 0 Å². The van der Waals surface area contributed by atoms with Crippen LogP contribution in [0.15, 0.2) is 53.4 Å². The average molecular weight is 381 g/mol. The molecule has 0 aliphatic heterocycles. The molecule has 0 unspecified atom stereocenters. The molecule has 0 saturated carbocycles. The fourth-order valence-corrected chi connectivity index (χ4v) is 2.53. The number of carbonyl (C=O) groups excluding carboxylic acids is 2. The number of anilines is 1. The number of ether oxygens (including phenoxy) is 2. The maximum atomic E-state index is 12.3. The average Bonchev–Trinajstić information content (AvgIpc) is 2.62. The van der Waals surface area contributed by atoms with Crippen molar-refractivity contribution in [1.82, 2.24) is 0 Å². The molecule has 2 aromatic rings. The van der Waals surface area contributed by atoms with Crippen molar-refractivity contribution in [2.75, 3.05) is 12.4 Å². The highest BCUT2D eigenvalue weighted by Crippen LogP contribution is 2.26. The summed E-state index contributed by atoms with van der Waals surface area (Å²) in [5.74, 6) is -3.07. The molecule has 0 fully saturated rings. The van der Waals surface area contributed by atoms with Crippen molar-refractivity contribution in [3.63, 3.8) is 0 Å². The number of benzene rings is 2. The summed E-state index contributed by atoms with van der Waals surface area (Å²) in [6, 6.07) is 12.3. The highest BCUT2D eigenvalue weighted by Gasteiger charge is 2.16. The molecule has 0 aliphatic rings. The predicted octanol–water partition coefficient (Wildman–Crippen LogP) is 4.19. The van der Waals surface area contributed by atoms with Crippen LogP contribution in [0, 0.1) is 0 Å². The lowest BCUT2D eigenvalue weighted by molar-refractivity contribution is -0.122. The largest absolute Gasteiger partial charge is 0.481 e. The number of methoxy groups -OCH3 is 1. The lowest BCUT2D eigenvalue weighted by Gasteiger charge is -2.15. The molecule has 26 heavy (non-hydrogen) atoms. The van der Waals surface area contributed by atoms with Crippen LogP contribution < -0.4 is 10.1 Å². The van der Waals surface area contributed by atoms with E-state index < -0.39 is 23.7 Å². The highest BCUT2D eigenvalue weighted by atomic mass is 32.2. The SMILES string of the molecule is COC(=O)c1cccc(O[C@H](C)C(=O)Nc2ccc(SC(F)F)cc2)c1. The quantitative estimate of drug-likeness (QED) is 0.575. The second-order valence-electron chi connectivity index (χ2n) is 5.17. The molecule has 1 atom stereocenters. The Bertz CT molecular complexity index is 768. The number of hydrogen-bond donors (Lipinski definition) is 1. The molecule has 2 aromatic carbocycles. The molecule has 0 saturated heterocycles. The number of hydrogen-bond acceptors (Lipinski definition) is 5. The van der Waals surface area contributed by atoms with Gasteiger partial charge in [0, 0.05) is 10.6 Å². The van der Waals surface area contributed by atoms with Crippen LogP contribution >= 0.6 is 11.8 Å². The normalized spacial score (nSPS) is 11.7. The lowest BCUT2D eigenvalue weighted by Crippen LogP contribution is -2.30. The summed E-state index contributed by atoms with van der Waals surface area (Å²) in [7, 11) is 1.27. The molecule has 1 N–H and O–H groups in total. The molecule has 2 rings (SSSR count). The molecule has 0 spiro atoms. The standard InChI is InChI=1S/C18H17F2NO4S/c1-11(25-14-5-3-4-12(10-14)17(23)24-2)16(22)21-13-6-8-15(9-7-13)26-18(19)20/h3-11,18H,1-2H3,(H,21,22)/t11-/m1/s1. The van der Waals surface area contributed by atoms with Crippen molar-refractivity contribution in [3.05, 3.63) is 54.1 Å². The first-order chi connectivity index (χ1) is 12.4. The molecule has 5 nitrogen and oxygen atoms in total. The van der Waals surface area contributed by atoms with Gasteiger partial charge in [-0.25, -0.2) is 4.79 Å². The zero-order chi connectivity index (χ0) is 19.1. The van der Waals surface area contributed by atoms with Gasteiger partial charge >= 0.3 is 5.97 Å². The van der Waals surface area contributed by atoms with Crippen LogP contribution in [0.3, 0.4) is 0 Å². The summed E-state index contributed by atoms with van der Waals surface area (Å²) in [6.45, 7) is 1.56. The first-order valence-corrected chi connectivity index (χ1v) is 8.48. The molecule has 1 amide bonds. The van der Waals surface area contributed by atoms with Gasteiger partial charge in [-0.1, -0.05) is 17.8 Å². The van der Waals surface area contributed by atoms with Gasteiger partial charge in [0.2, 0.25) is 0 Å². The van der Waals surface area contributed by atoms with Crippen molar-refractivity contribution < 1.29 is 27.8 Å². The van der Waals surface area contributed by atoms with Crippen LogP contribution in [0.5, 0.6) is 5.75 Å². The van der Waals surface area contributed by atoms with E-state index in [0.29, 0.717) is 33.7 Å². The van der Waals surface area contributed by atoms with Crippen LogP contribution in [-0.4, -0.2) is 30.8 Å². The number of carbonyl (C=O) groups is 2. The fraction of sp³-hybridized carbons (Fsp3) is 0.222. The number of thioether (sulfide) groups is 1. The first kappa shape index (κ1) is 19.7. The summed E-state index contributed by atoms with van der Waals surface area (Å²) in [4.78, 5) is 24.1. The second kappa shape index (κ2) is 9.19. The predicted molar refractivity (Wildman–Crippen MR) is 94.8 cm³/mol. The van der Waals surface area contributed by atoms with Gasteiger partial charge in [-0.05, 0) is 49.4 Å². The minimum absolute atomic E-state index is 0.310. The second-order valence-corrected chi connectivity index (χ2v) is 6.24. The van der Waals surface area contributed by atoms with Gasteiger partial charge < -0.3 is 14.8 Å². The Hall–Kier alpha value is -2.61. The van der Waals surface area contributed by atoms with E-state index in [0.717, 1.165) is 0 Å². The number of alkyl halides is 2. The minimum Gasteiger partial charge on any atom is -0.481 e. The van der Waals surface area contributed by atoms with Gasteiger partial charge in [-0.15, -0.1) is 0 Å². The van der Waals surface area contributed by atoms with Crippen LogP contribution in [0.4, 0.5) is 14.5 Å². The molecular formula is C18H17F2NO4S. The van der Waals surface area contributed by atoms with Crippen molar-refractivity contribution in [2.45, 2.75) is 23.7 Å². The molecule has 8 heteroatoms. The van der Waals surface area contributed by atoms with E-state index >= 15 is 0 Å². The topological polar surface area (TPSA) is 64.6 Å². The van der Waals surface area contributed by atoms with E-state index in [2.05, 4.69) is 10.1 Å². The Morgan fingerprint density at radius 3 is 2.42 bits per heavy atom. The number of amides is 1. The molecule has 0 heterocycles. The summed E-state index contributed by atoms with van der Waals surface area (Å²) in [5, 5.41) is 2.64. The van der Waals surface area contributed by atoms with Crippen molar-refractivity contribution >= 4 is 29.3 Å². The number of nitrogens with one attached hydrogen (secondary N) is 1. The molecule has 0 aliphatic carbocycles. The minimum atomic E-state index is -2.50. The maximum Gasteiger partial charge on any atom is 0.337 e. The van der Waals surface area contributed by atoms with E-state index in [4.69, 9.17) is 4.74 Å². The molecule has 138 valence electrons. The molecule has 0 radical (unpaired) electrons. The zero-order valence-electron chi connectivity index (χ0n) is 14.1. The number of halogens is 2. The van der Waals surface area contributed by atoms with Gasteiger partial charge in [0.25, 0.3) is 11.7 Å². The van der Waals surface area contributed by atoms with Crippen LogP contribution in [-0.2, 0) is 9.53 Å². The van der Waals surface area contributed by atoms with Crippen LogP contribution in [0.1, 0.15) is 17.3 Å². The zero-order valence-corrected chi connectivity index (χ0v) is 14.9. The van der Waals surface area contributed by atoms with E-state index in [1.54, 1.807) is 25.1 Å². The number of esters is 1. The van der Waals surface area contributed by atoms with Crippen LogP contribution in [0.25, 0.3) is 0 Å². The van der Waals surface area contributed by atoms with Crippen LogP contribution in [0.2, 0.25) is 0 Å². The van der Waals surface area contributed by atoms with Gasteiger partial charge in [0.05, 0.1) is 12.7 Å². The Labute approximate surface area is 153 Å². The molecule has 0 bridgehead atoms. The lowest BCUT2D eigenvalue weighted by atomic mass is 10.2. The van der Waals surface area contributed by atoms with E-state index in [-0.39, 0.29) is 0 Å². The number of rotatable bonds is 7. The summed E-state index contributed by atoms with van der Waals surface area (Å²) >= 11 is 0.431. The Balaban J connectivity index is 1.96. The third kappa shape index (κ3) is 5.73. The van der Waals surface area contributed by atoms with Crippen molar-refractivity contribution in [2.24, 2.45) is 0 Å². The summed E-state index contributed by atoms with van der Waals surface area (Å²) in [5.41, 5.74) is 0.775. The third-order valence-corrected chi connectivity index (χ3v) is 4.01. The fourth-order valence-electron chi connectivity index (χ4n) is 2.04. The van der Waals surface area contributed by atoms with Gasteiger partial charge in [0.1, 0.15) is 5.75 Å². The Morgan fingerprint density at radius 2 is 1.81 bits per heavy atom. The maximum absolute atomic E-state index is 12.3. The van der Waals surface area contributed by atoms with Crippen molar-refractivity contribution in [3.8, 4) is 5.75 Å². The third-order valence-electron chi connectivity index (χ3n) is 3.28. The summed E-state index contributed by atoms with van der Waals surface area (Å²) < 4.78 is 34.8. The van der Waals surface area contributed by atoms with E-state index in [9.17, 15) is 18.4 Å².